The summed E-state index contributed by atoms with van der Waals surface area (Å²) in [6, 6.07) is 37.1. The van der Waals surface area contributed by atoms with Crippen molar-refractivity contribution in [3.8, 4) is 34.5 Å². The van der Waals surface area contributed by atoms with E-state index in [1.165, 1.54) is 0 Å². The lowest BCUT2D eigenvalue weighted by atomic mass is 10.1. The smallest absolute Gasteiger partial charge is 0.307 e. The topological polar surface area (TPSA) is 96.0 Å². The molecular weight excluding hydrogens is 592 g/mol. The fraction of sp³-hybridized carbons (Fsp3) is 0.128. The number of hydrogen-bond acceptors (Lipinski definition) is 6. The Morgan fingerprint density at radius 3 is 2.38 bits per heavy atom. The molecule has 7 rings (SSSR count). The van der Waals surface area contributed by atoms with Crippen LogP contribution in [0.4, 0.5) is 0 Å². The van der Waals surface area contributed by atoms with Gasteiger partial charge < -0.3 is 28.3 Å². The highest BCUT2D eigenvalue weighted by atomic mass is 16.5. The molecule has 0 bridgehead atoms. The Hall–Kier alpha value is -6.02. The average Bonchev–Trinajstić information content (AvgIpc) is 3.62. The van der Waals surface area contributed by atoms with Crippen molar-refractivity contribution >= 4 is 27.8 Å². The van der Waals surface area contributed by atoms with Crippen LogP contribution in [0.1, 0.15) is 22.6 Å². The highest BCUT2D eigenvalue weighted by Gasteiger charge is 2.18. The number of ether oxygens (including phenoxy) is 3. The largest absolute Gasteiger partial charge is 0.493 e. The summed E-state index contributed by atoms with van der Waals surface area (Å²) in [4.78, 5) is 16.1. The summed E-state index contributed by atoms with van der Waals surface area (Å²) in [5, 5.41) is 11.4. The van der Waals surface area contributed by atoms with Gasteiger partial charge in [0.25, 0.3) is 0 Å². The number of nitrogens with zero attached hydrogens (tertiary/aromatic N) is 2. The Balaban J connectivity index is 1.18. The van der Waals surface area contributed by atoms with Gasteiger partial charge in [-0.3, -0.25) is 4.79 Å². The lowest BCUT2D eigenvalue weighted by Gasteiger charge is -2.14. The molecule has 8 nitrogen and oxygen atoms in total. The molecular formula is C39H32N2O6. The number of para-hydroxylation sites is 2. The van der Waals surface area contributed by atoms with Crippen LogP contribution in [0.15, 0.2) is 120 Å². The minimum Gasteiger partial charge on any atom is -0.493 e. The molecule has 5 aromatic carbocycles. The van der Waals surface area contributed by atoms with Crippen molar-refractivity contribution in [3.63, 3.8) is 0 Å². The van der Waals surface area contributed by atoms with Gasteiger partial charge in [0.05, 0.1) is 24.4 Å². The SMILES string of the molecule is COc1cc(Cn2c3ccccc3c3c(Oc4ccccc4CC(=O)O)cccc32)ccc1OCc1nc(-c2ccccc2)oc1C. The number of carboxylic acid groups (broad SMARTS) is 1. The molecule has 8 heteroatoms. The predicted molar refractivity (Wildman–Crippen MR) is 180 cm³/mol. The Labute approximate surface area is 271 Å². The minimum absolute atomic E-state index is 0.123. The third-order valence-electron chi connectivity index (χ3n) is 8.14. The van der Waals surface area contributed by atoms with Gasteiger partial charge in [0.2, 0.25) is 5.89 Å². The van der Waals surface area contributed by atoms with Crippen LogP contribution in [0.5, 0.6) is 23.0 Å². The Bertz CT molecular complexity index is 2220. The highest BCUT2D eigenvalue weighted by Crippen LogP contribution is 2.39. The van der Waals surface area contributed by atoms with E-state index >= 15 is 0 Å². The fourth-order valence-electron chi connectivity index (χ4n) is 5.88. The molecule has 234 valence electrons. The van der Waals surface area contributed by atoms with Gasteiger partial charge in [-0.05, 0) is 61.0 Å². The maximum absolute atomic E-state index is 11.5. The van der Waals surface area contributed by atoms with Crippen LogP contribution >= 0.6 is 0 Å². The predicted octanol–water partition coefficient (Wildman–Crippen LogP) is 8.81. The van der Waals surface area contributed by atoms with Gasteiger partial charge in [-0.15, -0.1) is 0 Å². The van der Waals surface area contributed by atoms with E-state index in [9.17, 15) is 9.90 Å². The summed E-state index contributed by atoms with van der Waals surface area (Å²) in [6.07, 6.45) is -0.123. The molecule has 0 spiro atoms. The second-order valence-corrected chi connectivity index (χ2v) is 11.2. The van der Waals surface area contributed by atoms with Crippen LogP contribution in [0.2, 0.25) is 0 Å². The van der Waals surface area contributed by atoms with Gasteiger partial charge in [-0.25, -0.2) is 4.98 Å². The lowest BCUT2D eigenvalue weighted by molar-refractivity contribution is -0.136. The molecule has 2 heterocycles. The molecule has 0 fully saturated rings. The van der Waals surface area contributed by atoms with Gasteiger partial charge in [0, 0.05) is 28.6 Å². The van der Waals surface area contributed by atoms with Crippen LogP contribution in [0.25, 0.3) is 33.3 Å². The first kappa shape index (κ1) is 29.7. The number of aliphatic carboxylic acids is 1. The van der Waals surface area contributed by atoms with Gasteiger partial charge in [-0.1, -0.05) is 66.7 Å². The molecule has 0 aliphatic heterocycles. The molecule has 0 saturated heterocycles. The summed E-state index contributed by atoms with van der Waals surface area (Å²) in [5.74, 6) is 2.78. The number of oxazole rings is 1. The van der Waals surface area contributed by atoms with Crippen molar-refractivity contribution in [2.45, 2.75) is 26.5 Å². The minimum atomic E-state index is -0.909. The van der Waals surface area contributed by atoms with Crippen LogP contribution in [-0.4, -0.2) is 27.7 Å². The zero-order valence-electron chi connectivity index (χ0n) is 26.0. The molecule has 0 amide bonds. The Morgan fingerprint density at radius 1 is 0.809 bits per heavy atom. The van der Waals surface area contributed by atoms with Gasteiger partial charge >= 0.3 is 5.97 Å². The summed E-state index contributed by atoms with van der Waals surface area (Å²) >= 11 is 0. The van der Waals surface area contributed by atoms with E-state index < -0.39 is 5.97 Å². The number of carboxylic acids is 1. The Kier molecular flexibility index (Phi) is 8.06. The summed E-state index contributed by atoms with van der Waals surface area (Å²) in [7, 11) is 1.63. The summed E-state index contributed by atoms with van der Waals surface area (Å²) in [5.41, 5.74) is 5.32. The quantitative estimate of drug-likeness (QED) is 0.154. The standard InChI is InChI=1S/C39H32N2O6/c1-25-30(40-39(46-25)27-11-4-3-5-12-27)24-45-34-20-19-26(21-36(34)44-2)23-41-31-15-8-7-14-29(31)38-32(41)16-10-18-35(38)47-33-17-9-6-13-28(33)22-37(42)43/h3-21H,22-24H2,1-2H3,(H,42,43). The van der Waals surface area contributed by atoms with Gasteiger partial charge in [0.15, 0.2) is 11.5 Å². The molecule has 0 aliphatic carbocycles. The molecule has 0 radical (unpaired) electrons. The van der Waals surface area contributed by atoms with Crippen molar-refractivity contribution in [2.75, 3.05) is 7.11 Å². The van der Waals surface area contributed by atoms with Crippen molar-refractivity contribution in [1.29, 1.82) is 0 Å². The first-order chi connectivity index (χ1) is 23.0. The first-order valence-electron chi connectivity index (χ1n) is 15.3. The van der Waals surface area contributed by atoms with E-state index in [1.807, 2.05) is 91.9 Å². The number of rotatable bonds is 11. The number of fused-ring (bicyclic) bond motifs is 3. The number of carbonyl (C=O) groups is 1. The zero-order valence-corrected chi connectivity index (χ0v) is 26.0. The first-order valence-corrected chi connectivity index (χ1v) is 15.3. The number of benzene rings is 5. The van der Waals surface area contributed by atoms with Crippen LogP contribution in [0, 0.1) is 6.92 Å². The maximum atomic E-state index is 11.5. The van der Waals surface area contributed by atoms with Crippen LogP contribution in [-0.2, 0) is 24.4 Å². The van der Waals surface area contributed by atoms with E-state index in [1.54, 1.807) is 19.2 Å². The number of aryl methyl sites for hydroxylation is 1. The molecule has 0 aliphatic rings. The second-order valence-electron chi connectivity index (χ2n) is 11.2. The van der Waals surface area contributed by atoms with E-state index in [-0.39, 0.29) is 13.0 Å². The number of aromatic nitrogens is 2. The third kappa shape index (κ3) is 6.01. The normalized spacial score (nSPS) is 11.2. The molecule has 0 unspecified atom stereocenters. The molecule has 7 aromatic rings. The highest BCUT2D eigenvalue weighted by molar-refractivity contribution is 6.11. The third-order valence-corrected chi connectivity index (χ3v) is 8.14. The van der Waals surface area contributed by atoms with Crippen molar-refractivity contribution < 1.29 is 28.5 Å². The number of methoxy groups -OCH3 is 1. The van der Waals surface area contributed by atoms with E-state index in [4.69, 9.17) is 18.6 Å². The van der Waals surface area contributed by atoms with Crippen molar-refractivity contribution in [3.05, 3.63) is 138 Å². The lowest BCUT2D eigenvalue weighted by Crippen LogP contribution is -2.03. The molecule has 0 atom stereocenters. The molecule has 2 aromatic heterocycles. The van der Waals surface area contributed by atoms with Crippen LogP contribution < -0.4 is 14.2 Å². The van der Waals surface area contributed by atoms with E-state index in [2.05, 4.69) is 27.8 Å². The fourth-order valence-corrected chi connectivity index (χ4v) is 5.88. The van der Waals surface area contributed by atoms with E-state index in [0.29, 0.717) is 46.8 Å². The summed E-state index contributed by atoms with van der Waals surface area (Å²) < 4.78 is 26.5. The van der Waals surface area contributed by atoms with Gasteiger partial charge in [-0.2, -0.15) is 0 Å². The molecule has 47 heavy (non-hydrogen) atoms. The molecule has 1 N–H and O–H groups in total. The average molecular weight is 625 g/mol. The maximum Gasteiger partial charge on any atom is 0.307 e. The zero-order chi connectivity index (χ0) is 32.3. The summed E-state index contributed by atoms with van der Waals surface area (Å²) in [6.45, 7) is 2.70. The second kappa shape index (κ2) is 12.8. The van der Waals surface area contributed by atoms with Crippen LogP contribution in [0.3, 0.4) is 0 Å². The molecule has 0 saturated carbocycles. The van der Waals surface area contributed by atoms with Crippen molar-refractivity contribution in [1.82, 2.24) is 9.55 Å². The monoisotopic (exact) mass is 624 g/mol. The van der Waals surface area contributed by atoms with Crippen molar-refractivity contribution in [2.24, 2.45) is 0 Å². The van der Waals surface area contributed by atoms with E-state index in [0.717, 1.165) is 38.6 Å². The van der Waals surface area contributed by atoms with Gasteiger partial charge in [0.1, 0.15) is 29.6 Å². The number of hydrogen-bond donors (Lipinski definition) is 1. The Morgan fingerprint density at radius 2 is 1.55 bits per heavy atom.